The van der Waals surface area contributed by atoms with Crippen LogP contribution in [-0.2, 0) is 4.74 Å². The van der Waals surface area contributed by atoms with Crippen molar-refractivity contribution in [1.29, 1.82) is 0 Å². The van der Waals surface area contributed by atoms with Gasteiger partial charge in [0.25, 0.3) is 0 Å². The summed E-state index contributed by atoms with van der Waals surface area (Å²) >= 11 is 0. The van der Waals surface area contributed by atoms with Crippen LogP contribution in [0.1, 0.15) is 19.3 Å². The number of hydrogen-bond donors (Lipinski definition) is 1. The zero-order chi connectivity index (χ0) is 6.81. The van der Waals surface area contributed by atoms with Crippen LogP contribution in [0.2, 0.25) is 0 Å². The van der Waals surface area contributed by atoms with Gasteiger partial charge in [0.1, 0.15) is 0 Å². The molecule has 2 saturated heterocycles. The Bertz CT molecular complexity index is 89.8. The molecule has 2 fully saturated rings. The van der Waals surface area contributed by atoms with Crippen molar-refractivity contribution in [1.82, 2.24) is 5.32 Å². The Morgan fingerprint density at radius 1 is 1.30 bits per heavy atom. The van der Waals surface area contributed by atoms with Crippen LogP contribution in [0, 0.1) is 5.92 Å². The highest BCUT2D eigenvalue weighted by Gasteiger charge is 2.27. The Morgan fingerprint density at radius 3 is 3.20 bits per heavy atom. The summed E-state index contributed by atoms with van der Waals surface area (Å²) in [4.78, 5) is 0. The third kappa shape index (κ3) is 1.18. The van der Waals surface area contributed by atoms with Gasteiger partial charge >= 0.3 is 0 Å². The summed E-state index contributed by atoms with van der Waals surface area (Å²) in [6.07, 6.45) is 3.94. The van der Waals surface area contributed by atoms with E-state index in [0.29, 0.717) is 0 Å². The summed E-state index contributed by atoms with van der Waals surface area (Å²) in [7, 11) is 0. The maximum atomic E-state index is 5.40. The molecule has 1 N–H and O–H groups in total. The first-order chi connectivity index (χ1) is 4.97. The van der Waals surface area contributed by atoms with Gasteiger partial charge in [-0.25, -0.2) is 0 Å². The summed E-state index contributed by atoms with van der Waals surface area (Å²) in [6.45, 7) is 3.19. The molecule has 2 rings (SSSR count). The van der Waals surface area contributed by atoms with Gasteiger partial charge in [0, 0.05) is 12.6 Å². The van der Waals surface area contributed by atoms with Gasteiger partial charge in [-0.3, -0.25) is 0 Å². The molecule has 2 atom stereocenters. The minimum absolute atomic E-state index is 0.780. The van der Waals surface area contributed by atoms with Crippen LogP contribution in [0.4, 0.5) is 0 Å². The topological polar surface area (TPSA) is 21.3 Å². The SMILES string of the molecule is C1CN[C@@H]2CCOCC2C1. The van der Waals surface area contributed by atoms with Crippen molar-refractivity contribution in [2.75, 3.05) is 19.8 Å². The lowest BCUT2D eigenvalue weighted by Crippen LogP contribution is -2.46. The molecule has 2 nitrogen and oxygen atoms in total. The van der Waals surface area contributed by atoms with Gasteiger partial charge in [0.05, 0.1) is 6.61 Å². The second-order valence-electron chi connectivity index (χ2n) is 3.33. The van der Waals surface area contributed by atoms with Crippen LogP contribution in [0.3, 0.4) is 0 Å². The van der Waals surface area contributed by atoms with Crippen molar-refractivity contribution < 1.29 is 4.74 Å². The molecule has 2 heterocycles. The summed E-state index contributed by atoms with van der Waals surface area (Å²) < 4.78 is 5.40. The molecule has 2 aliphatic rings. The Balaban J connectivity index is 1.93. The summed E-state index contributed by atoms with van der Waals surface area (Å²) in [5, 5.41) is 3.54. The molecule has 2 heteroatoms. The van der Waals surface area contributed by atoms with Crippen LogP contribution in [-0.4, -0.2) is 25.8 Å². The zero-order valence-corrected chi connectivity index (χ0v) is 6.31. The Kier molecular flexibility index (Phi) is 1.91. The molecule has 0 saturated carbocycles. The van der Waals surface area contributed by atoms with Gasteiger partial charge in [-0.1, -0.05) is 0 Å². The van der Waals surface area contributed by atoms with Gasteiger partial charge in [-0.05, 0) is 31.7 Å². The highest BCUT2D eigenvalue weighted by Crippen LogP contribution is 2.22. The molecular formula is C8H15NO. The average molecular weight is 141 g/mol. The molecule has 10 heavy (non-hydrogen) atoms. The van der Waals surface area contributed by atoms with Crippen molar-refractivity contribution in [3.8, 4) is 0 Å². The van der Waals surface area contributed by atoms with Gasteiger partial charge in [0.15, 0.2) is 0 Å². The smallest absolute Gasteiger partial charge is 0.0509 e. The summed E-state index contributed by atoms with van der Waals surface area (Å²) in [5.41, 5.74) is 0. The number of fused-ring (bicyclic) bond motifs is 1. The fourth-order valence-corrected chi connectivity index (χ4v) is 2.00. The minimum atomic E-state index is 0.780. The fourth-order valence-electron chi connectivity index (χ4n) is 2.00. The van der Waals surface area contributed by atoms with Gasteiger partial charge < -0.3 is 10.1 Å². The third-order valence-electron chi connectivity index (χ3n) is 2.63. The van der Waals surface area contributed by atoms with E-state index < -0.39 is 0 Å². The van der Waals surface area contributed by atoms with Crippen molar-refractivity contribution in [2.24, 2.45) is 5.92 Å². The minimum Gasteiger partial charge on any atom is -0.381 e. The maximum absolute atomic E-state index is 5.40. The summed E-state index contributed by atoms with van der Waals surface area (Å²) in [6, 6.07) is 0.780. The van der Waals surface area contributed by atoms with E-state index in [1.165, 1.54) is 25.8 Å². The standard InChI is InChI=1S/C8H15NO/c1-2-7-6-10-5-3-8(7)9-4-1/h7-9H,1-6H2/t7?,8-/m1/s1. The number of hydrogen-bond acceptors (Lipinski definition) is 2. The van der Waals surface area contributed by atoms with E-state index in [0.717, 1.165) is 25.2 Å². The molecule has 0 amide bonds. The normalized spacial score (nSPS) is 40.8. The lowest BCUT2D eigenvalue weighted by molar-refractivity contribution is 0.0187. The number of rotatable bonds is 0. The van der Waals surface area contributed by atoms with Crippen LogP contribution in [0.5, 0.6) is 0 Å². The predicted octanol–water partition coefficient (Wildman–Crippen LogP) is 0.775. The quantitative estimate of drug-likeness (QED) is 0.538. The van der Waals surface area contributed by atoms with Gasteiger partial charge in [-0.15, -0.1) is 0 Å². The highest BCUT2D eigenvalue weighted by molar-refractivity contribution is 4.83. The van der Waals surface area contributed by atoms with Crippen molar-refractivity contribution in [3.63, 3.8) is 0 Å². The van der Waals surface area contributed by atoms with E-state index >= 15 is 0 Å². The zero-order valence-electron chi connectivity index (χ0n) is 6.31. The molecular weight excluding hydrogens is 126 g/mol. The lowest BCUT2D eigenvalue weighted by Gasteiger charge is -2.35. The van der Waals surface area contributed by atoms with Crippen molar-refractivity contribution in [3.05, 3.63) is 0 Å². The van der Waals surface area contributed by atoms with E-state index in [9.17, 15) is 0 Å². The molecule has 0 radical (unpaired) electrons. The molecule has 0 aromatic rings. The second-order valence-corrected chi connectivity index (χ2v) is 3.33. The van der Waals surface area contributed by atoms with E-state index in [1.54, 1.807) is 0 Å². The first-order valence-electron chi connectivity index (χ1n) is 4.28. The molecule has 0 aromatic heterocycles. The predicted molar refractivity (Wildman–Crippen MR) is 40.0 cm³/mol. The molecule has 58 valence electrons. The van der Waals surface area contributed by atoms with Crippen molar-refractivity contribution >= 4 is 0 Å². The average Bonchev–Trinajstić information content (AvgIpc) is 2.05. The first-order valence-corrected chi connectivity index (χ1v) is 4.28. The maximum Gasteiger partial charge on any atom is 0.0509 e. The Morgan fingerprint density at radius 2 is 2.30 bits per heavy atom. The first kappa shape index (κ1) is 6.62. The van der Waals surface area contributed by atoms with E-state index in [4.69, 9.17) is 4.74 Å². The Hall–Kier alpha value is -0.0800. The van der Waals surface area contributed by atoms with Crippen LogP contribution in [0.15, 0.2) is 0 Å². The summed E-state index contributed by atoms with van der Waals surface area (Å²) in [5.74, 6) is 0.822. The monoisotopic (exact) mass is 141 g/mol. The number of ether oxygens (including phenoxy) is 1. The Labute approximate surface area is 61.9 Å². The molecule has 1 unspecified atom stereocenters. The van der Waals surface area contributed by atoms with Crippen LogP contribution < -0.4 is 5.32 Å². The van der Waals surface area contributed by atoms with Gasteiger partial charge in [-0.2, -0.15) is 0 Å². The van der Waals surface area contributed by atoms with E-state index in [2.05, 4.69) is 5.32 Å². The van der Waals surface area contributed by atoms with Crippen LogP contribution >= 0.6 is 0 Å². The third-order valence-corrected chi connectivity index (χ3v) is 2.63. The largest absolute Gasteiger partial charge is 0.381 e. The van der Waals surface area contributed by atoms with Crippen molar-refractivity contribution in [2.45, 2.75) is 25.3 Å². The van der Waals surface area contributed by atoms with Gasteiger partial charge in [0.2, 0.25) is 0 Å². The molecule has 0 aromatic carbocycles. The highest BCUT2D eigenvalue weighted by atomic mass is 16.5. The van der Waals surface area contributed by atoms with Crippen LogP contribution in [0.25, 0.3) is 0 Å². The molecule has 2 aliphatic heterocycles. The molecule has 0 spiro atoms. The second kappa shape index (κ2) is 2.89. The number of nitrogens with one attached hydrogen (secondary N) is 1. The lowest BCUT2D eigenvalue weighted by atomic mass is 9.88. The molecule has 0 bridgehead atoms. The molecule has 0 aliphatic carbocycles. The fraction of sp³-hybridized carbons (Fsp3) is 1.00. The number of piperidine rings is 1. The van der Waals surface area contributed by atoms with E-state index in [1.807, 2.05) is 0 Å². The van der Waals surface area contributed by atoms with E-state index in [-0.39, 0.29) is 0 Å².